The molecule has 140 valence electrons. The highest BCUT2D eigenvalue weighted by Gasteiger charge is 2.14. The number of fused-ring (bicyclic) bond motifs is 1. The van der Waals surface area contributed by atoms with Crippen LogP contribution in [0, 0.1) is 0 Å². The van der Waals surface area contributed by atoms with Gasteiger partial charge in [0.25, 0.3) is 11.5 Å². The Morgan fingerprint density at radius 1 is 1.26 bits per heavy atom. The van der Waals surface area contributed by atoms with Crippen molar-refractivity contribution >= 4 is 56.6 Å². The van der Waals surface area contributed by atoms with Crippen LogP contribution in [0.5, 0.6) is 0 Å². The molecule has 0 saturated heterocycles. The lowest BCUT2D eigenvalue weighted by molar-refractivity contribution is -0.129. The Bertz CT molecular complexity index is 1080. The number of likely N-dealkylation sites (N-methyl/N-ethyl adjacent to an activating group) is 1. The molecule has 1 aromatic carbocycles. The number of aromatic amines is 1. The molecule has 2 amide bonds. The topological polar surface area (TPSA) is 95.2 Å². The Hall–Kier alpha value is -2.42. The fourth-order valence-electron chi connectivity index (χ4n) is 2.34. The van der Waals surface area contributed by atoms with Crippen molar-refractivity contribution in [1.29, 1.82) is 0 Å². The van der Waals surface area contributed by atoms with E-state index in [2.05, 4.69) is 15.3 Å². The van der Waals surface area contributed by atoms with E-state index in [-0.39, 0.29) is 29.6 Å². The molecule has 0 aliphatic rings. The third kappa shape index (κ3) is 4.47. The lowest BCUT2D eigenvalue weighted by Gasteiger charge is -2.17. The van der Waals surface area contributed by atoms with Crippen LogP contribution in [0.25, 0.3) is 10.2 Å². The third-order valence-electron chi connectivity index (χ3n) is 3.76. The predicted octanol–water partition coefficient (Wildman–Crippen LogP) is 2.68. The van der Waals surface area contributed by atoms with Crippen molar-refractivity contribution in [2.24, 2.45) is 0 Å². The second kappa shape index (κ2) is 8.08. The zero-order chi connectivity index (χ0) is 19.6. The van der Waals surface area contributed by atoms with E-state index in [0.717, 1.165) is 0 Å². The van der Waals surface area contributed by atoms with Crippen molar-refractivity contribution in [3.8, 4) is 0 Å². The Morgan fingerprint density at radius 2 is 2.04 bits per heavy atom. The van der Waals surface area contributed by atoms with Gasteiger partial charge in [-0.15, -0.1) is 11.3 Å². The summed E-state index contributed by atoms with van der Waals surface area (Å²) < 4.78 is 0.543. The van der Waals surface area contributed by atoms with E-state index in [1.165, 1.54) is 34.4 Å². The van der Waals surface area contributed by atoms with Gasteiger partial charge in [0.1, 0.15) is 10.5 Å². The van der Waals surface area contributed by atoms with E-state index in [1.807, 2.05) is 0 Å². The van der Waals surface area contributed by atoms with Gasteiger partial charge in [0.2, 0.25) is 5.91 Å². The van der Waals surface area contributed by atoms with Crippen molar-refractivity contribution in [3.05, 3.63) is 61.4 Å². The summed E-state index contributed by atoms with van der Waals surface area (Å²) >= 11 is 13.0. The highest BCUT2D eigenvalue weighted by Crippen LogP contribution is 2.22. The van der Waals surface area contributed by atoms with Gasteiger partial charge in [-0.2, -0.15) is 0 Å². The minimum Gasteiger partial charge on any atom is -0.343 e. The fourth-order valence-corrected chi connectivity index (χ4v) is 3.36. The Labute approximate surface area is 167 Å². The summed E-state index contributed by atoms with van der Waals surface area (Å²) in [5.74, 6) is -0.407. The number of H-pyrrole nitrogens is 1. The Kier molecular flexibility index (Phi) is 5.79. The molecule has 0 aliphatic carbocycles. The normalized spacial score (nSPS) is 10.8. The molecule has 0 radical (unpaired) electrons. The molecular formula is C17H14Cl2N4O3S. The van der Waals surface area contributed by atoms with E-state index < -0.39 is 5.91 Å². The van der Waals surface area contributed by atoms with Gasteiger partial charge in [0.05, 0.1) is 28.7 Å². The monoisotopic (exact) mass is 424 g/mol. The first kappa shape index (κ1) is 19.3. The van der Waals surface area contributed by atoms with Crippen LogP contribution in [0.4, 0.5) is 0 Å². The molecule has 2 N–H and O–H groups in total. The summed E-state index contributed by atoms with van der Waals surface area (Å²) in [4.78, 5) is 44.7. The number of hydrogen-bond acceptors (Lipinski definition) is 5. The van der Waals surface area contributed by atoms with Gasteiger partial charge in [0, 0.05) is 12.6 Å². The molecule has 27 heavy (non-hydrogen) atoms. The highest BCUT2D eigenvalue weighted by atomic mass is 35.5. The number of nitrogens with one attached hydrogen (secondary N) is 2. The second-order valence-corrected chi connectivity index (χ2v) is 7.44. The minimum absolute atomic E-state index is 0.114. The summed E-state index contributed by atoms with van der Waals surface area (Å²) in [6.45, 7) is -0.0942. The fraction of sp³-hybridized carbons (Fsp3) is 0.176. The third-order valence-corrected chi connectivity index (χ3v) is 5.40. The van der Waals surface area contributed by atoms with Crippen molar-refractivity contribution in [3.63, 3.8) is 0 Å². The average molecular weight is 425 g/mol. The SMILES string of the molecule is CN(Cc1nc2ccsc2c(=O)[nH]1)C(=O)CNC(=O)c1ccc(Cl)c(Cl)c1. The summed E-state index contributed by atoms with van der Waals surface area (Å²) in [6, 6.07) is 6.20. The van der Waals surface area contributed by atoms with E-state index in [0.29, 0.717) is 26.6 Å². The molecule has 2 heterocycles. The quantitative estimate of drug-likeness (QED) is 0.657. The maximum atomic E-state index is 12.2. The standard InChI is InChI=1S/C17H14Cl2N4O3S/c1-23(8-13-21-12-4-5-27-15(12)17(26)22-13)14(24)7-20-16(25)9-2-3-10(18)11(19)6-9/h2-6H,7-8H2,1H3,(H,20,25)(H,21,22,26). The van der Waals surface area contributed by atoms with Crippen LogP contribution in [0.15, 0.2) is 34.4 Å². The van der Waals surface area contributed by atoms with Gasteiger partial charge >= 0.3 is 0 Å². The zero-order valence-corrected chi connectivity index (χ0v) is 16.4. The lowest BCUT2D eigenvalue weighted by atomic mass is 10.2. The lowest BCUT2D eigenvalue weighted by Crippen LogP contribution is -2.38. The van der Waals surface area contributed by atoms with Crippen LogP contribution in [-0.2, 0) is 11.3 Å². The molecule has 0 bridgehead atoms. The van der Waals surface area contributed by atoms with E-state index in [1.54, 1.807) is 18.5 Å². The number of carbonyl (C=O) groups excluding carboxylic acids is 2. The largest absolute Gasteiger partial charge is 0.343 e. The van der Waals surface area contributed by atoms with Gasteiger partial charge in [0.15, 0.2) is 0 Å². The summed E-state index contributed by atoms with van der Waals surface area (Å²) in [6.07, 6.45) is 0. The smallest absolute Gasteiger partial charge is 0.268 e. The van der Waals surface area contributed by atoms with Crippen LogP contribution < -0.4 is 10.9 Å². The summed E-state index contributed by atoms with van der Waals surface area (Å²) in [7, 11) is 1.56. The molecule has 0 fully saturated rings. The first-order chi connectivity index (χ1) is 12.8. The van der Waals surface area contributed by atoms with Crippen molar-refractivity contribution < 1.29 is 9.59 Å². The van der Waals surface area contributed by atoms with E-state index in [4.69, 9.17) is 23.2 Å². The molecule has 10 heteroatoms. The van der Waals surface area contributed by atoms with Gasteiger partial charge in [-0.1, -0.05) is 23.2 Å². The molecule has 3 rings (SSSR count). The van der Waals surface area contributed by atoms with Gasteiger partial charge < -0.3 is 15.2 Å². The number of benzene rings is 1. The molecule has 2 aromatic heterocycles. The number of hydrogen-bond donors (Lipinski definition) is 2. The maximum absolute atomic E-state index is 12.2. The number of aromatic nitrogens is 2. The minimum atomic E-state index is -0.443. The molecule has 0 saturated carbocycles. The number of amides is 2. The van der Waals surface area contributed by atoms with Crippen molar-refractivity contribution in [2.75, 3.05) is 13.6 Å². The molecule has 3 aromatic rings. The van der Waals surface area contributed by atoms with Crippen LogP contribution >= 0.6 is 34.5 Å². The molecular weight excluding hydrogens is 411 g/mol. The summed E-state index contributed by atoms with van der Waals surface area (Å²) in [5, 5.41) is 4.91. The van der Waals surface area contributed by atoms with Crippen molar-refractivity contribution in [2.45, 2.75) is 6.54 Å². The number of carbonyl (C=O) groups is 2. The number of thiophene rings is 1. The summed E-state index contributed by atoms with van der Waals surface area (Å²) in [5.41, 5.74) is 0.653. The number of nitrogens with zero attached hydrogens (tertiary/aromatic N) is 2. The maximum Gasteiger partial charge on any atom is 0.268 e. The molecule has 0 aliphatic heterocycles. The number of halogens is 2. The van der Waals surface area contributed by atoms with Crippen LogP contribution in [0.3, 0.4) is 0 Å². The Balaban J connectivity index is 1.60. The molecule has 0 spiro atoms. The van der Waals surface area contributed by atoms with Gasteiger partial charge in [-0.05, 0) is 29.6 Å². The molecule has 7 nitrogen and oxygen atoms in total. The van der Waals surface area contributed by atoms with Crippen LogP contribution in [0.2, 0.25) is 10.0 Å². The second-order valence-electron chi connectivity index (χ2n) is 5.71. The first-order valence-electron chi connectivity index (χ1n) is 7.79. The molecule has 0 unspecified atom stereocenters. The average Bonchev–Trinajstić information content (AvgIpc) is 3.10. The first-order valence-corrected chi connectivity index (χ1v) is 9.42. The van der Waals surface area contributed by atoms with E-state index in [9.17, 15) is 14.4 Å². The van der Waals surface area contributed by atoms with Crippen LogP contribution in [-0.4, -0.2) is 40.3 Å². The van der Waals surface area contributed by atoms with Gasteiger partial charge in [-0.25, -0.2) is 4.98 Å². The van der Waals surface area contributed by atoms with Crippen molar-refractivity contribution in [1.82, 2.24) is 20.2 Å². The predicted molar refractivity (Wildman–Crippen MR) is 106 cm³/mol. The molecule has 0 atom stereocenters. The van der Waals surface area contributed by atoms with Gasteiger partial charge in [-0.3, -0.25) is 14.4 Å². The zero-order valence-electron chi connectivity index (χ0n) is 14.1. The van der Waals surface area contributed by atoms with Crippen LogP contribution in [0.1, 0.15) is 16.2 Å². The number of rotatable bonds is 5. The Morgan fingerprint density at radius 3 is 2.78 bits per heavy atom. The van der Waals surface area contributed by atoms with E-state index >= 15 is 0 Å². The highest BCUT2D eigenvalue weighted by molar-refractivity contribution is 7.17.